The lowest BCUT2D eigenvalue weighted by molar-refractivity contribution is -0.270. The van der Waals surface area contributed by atoms with Crippen LogP contribution < -0.4 is 0 Å². The number of carbonyl (C=O) groups excluding carboxylic acids is 2. The summed E-state index contributed by atoms with van der Waals surface area (Å²) >= 11 is 0. The lowest BCUT2D eigenvalue weighted by Gasteiger charge is -2.67. The largest absolute Gasteiger partial charge is 0.436 e. The second kappa shape index (κ2) is 7.81. The summed E-state index contributed by atoms with van der Waals surface area (Å²) in [5.41, 5.74) is 1.26. The van der Waals surface area contributed by atoms with Crippen LogP contribution >= 0.6 is 0 Å². The molecule has 184 valence electrons. The maximum atomic E-state index is 12.0. The van der Waals surface area contributed by atoms with Gasteiger partial charge < -0.3 is 19.3 Å². The number of ether oxygens (including phenoxy) is 3. The quantitative estimate of drug-likeness (QED) is 0.600. The van der Waals surface area contributed by atoms with Gasteiger partial charge in [0.15, 0.2) is 0 Å². The molecule has 5 rings (SSSR count). The molecule has 0 aromatic heterocycles. The van der Waals surface area contributed by atoms with Crippen molar-refractivity contribution < 1.29 is 28.9 Å². The van der Waals surface area contributed by atoms with Crippen molar-refractivity contribution in [1.82, 2.24) is 0 Å². The van der Waals surface area contributed by atoms with E-state index in [1.165, 1.54) is 45.1 Å². The summed E-state index contributed by atoms with van der Waals surface area (Å²) in [6.07, 6.45) is 8.07. The molecule has 0 amide bonds. The maximum Gasteiger partial charge on any atom is 0.333 e. The number of hydrogen-bond acceptors (Lipinski definition) is 6. The lowest BCUT2D eigenvalue weighted by Crippen LogP contribution is -2.62. The maximum absolute atomic E-state index is 12.0. The molecule has 0 aromatic carbocycles. The van der Waals surface area contributed by atoms with Gasteiger partial charge in [-0.3, -0.25) is 4.79 Å². The molecule has 33 heavy (non-hydrogen) atoms. The third kappa shape index (κ3) is 3.58. The Hall–Kier alpha value is -1.40. The van der Waals surface area contributed by atoms with Gasteiger partial charge in [0.25, 0.3) is 0 Å². The van der Waals surface area contributed by atoms with Crippen LogP contribution in [0.3, 0.4) is 0 Å². The molecule has 0 radical (unpaired) electrons. The van der Waals surface area contributed by atoms with Crippen molar-refractivity contribution in [3.8, 4) is 0 Å². The fourth-order valence-electron chi connectivity index (χ4n) is 9.32. The molecule has 0 bridgehead atoms. The summed E-state index contributed by atoms with van der Waals surface area (Å²) in [7, 11) is 0. The van der Waals surface area contributed by atoms with Gasteiger partial charge in [0.1, 0.15) is 0 Å². The molecule has 5 aliphatic rings. The number of cyclic esters (lactones) is 1. The SMILES string of the molecule is CC(=O)O[C@H]1O[C@@H](C2=CC(=O)OC2O)C[C@@H]2[C@@H]1CC[C@H]1[C@@]2(C)CCC2C(C)(C)CCC[C@@]21C. The van der Waals surface area contributed by atoms with Crippen molar-refractivity contribution in [3.05, 3.63) is 11.6 Å². The summed E-state index contributed by atoms with van der Waals surface area (Å²) < 4.78 is 16.9. The monoisotopic (exact) mass is 460 g/mol. The third-order valence-electron chi connectivity index (χ3n) is 10.6. The highest BCUT2D eigenvalue weighted by molar-refractivity contribution is 5.85. The van der Waals surface area contributed by atoms with Crippen LogP contribution in [0.1, 0.15) is 86.0 Å². The Morgan fingerprint density at radius 3 is 2.48 bits per heavy atom. The Kier molecular flexibility index (Phi) is 5.52. The van der Waals surface area contributed by atoms with Gasteiger partial charge in [-0.1, -0.05) is 34.1 Å². The Morgan fingerprint density at radius 2 is 1.82 bits per heavy atom. The van der Waals surface area contributed by atoms with E-state index in [0.29, 0.717) is 28.2 Å². The Bertz CT molecular complexity index is 863. The van der Waals surface area contributed by atoms with E-state index in [9.17, 15) is 14.7 Å². The van der Waals surface area contributed by atoms with Crippen LogP contribution in [0, 0.1) is 39.9 Å². The number of rotatable bonds is 2. The first-order valence-electron chi connectivity index (χ1n) is 12.9. The minimum Gasteiger partial charge on any atom is -0.436 e. The van der Waals surface area contributed by atoms with Crippen molar-refractivity contribution in [2.75, 3.05) is 0 Å². The van der Waals surface area contributed by atoms with Crippen LogP contribution in [0.15, 0.2) is 11.6 Å². The molecule has 1 N–H and O–H groups in total. The zero-order chi connectivity index (χ0) is 23.8. The Morgan fingerprint density at radius 1 is 1.06 bits per heavy atom. The molecule has 3 aliphatic carbocycles. The molecular weight excluding hydrogens is 420 g/mol. The summed E-state index contributed by atoms with van der Waals surface area (Å²) in [6, 6.07) is 0. The van der Waals surface area contributed by atoms with Crippen molar-refractivity contribution in [2.24, 2.45) is 39.9 Å². The van der Waals surface area contributed by atoms with Gasteiger partial charge in [0.2, 0.25) is 12.6 Å². The molecule has 0 spiro atoms. The number of aliphatic hydroxyl groups is 1. The molecular formula is C27H40O6. The molecule has 2 unspecified atom stereocenters. The molecule has 6 heteroatoms. The van der Waals surface area contributed by atoms with Crippen molar-refractivity contribution >= 4 is 11.9 Å². The second-order valence-corrected chi connectivity index (χ2v) is 12.6. The number of aliphatic hydroxyl groups excluding tert-OH is 1. The first-order chi connectivity index (χ1) is 15.5. The highest BCUT2D eigenvalue weighted by atomic mass is 16.7. The summed E-state index contributed by atoms with van der Waals surface area (Å²) in [5.74, 6) is 0.882. The smallest absolute Gasteiger partial charge is 0.333 e. The lowest BCUT2D eigenvalue weighted by atomic mass is 9.38. The first kappa shape index (κ1) is 23.3. The van der Waals surface area contributed by atoms with Crippen molar-refractivity contribution in [3.63, 3.8) is 0 Å². The predicted molar refractivity (Wildman–Crippen MR) is 121 cm³/mol. The van der Waals surface area contributed by atoms with E-state index in [0.717, 1.165) is 25.2 Å². The normalized spacial score (nSPS) is 48.6. The molecule has 1 saturated heterocycles. The van der Waals surface area contributed by atoms with Gasteiger partial charge >= 0.3 is 11.9 Å². The highest BCUT2D eigenvalue weighted by Gasteiger charge is 2.64. The first-order valence-corrected chi connectivity index (χ1v) is 12.9. The second-order valence-electron chi connectivity index (χ2n) is 12.6. The van der Waals surface area contributed by atoms with E-state index in [1.54, 1.807) is 0 Å². The molecule has 4 fully saturated rings. The van der Waals surface area contributed by atoms with Crippen LogP contribution in [-0.2, 0) is 23.8 Å². The summed E-state index contributed by atoms with van der Waals surface area (Å²) in [4.78, 5) is 23.8. The minimum atomic E-state index is -1.28. The van der Waals surface area contributed by atoms with E-state index in [4.69, 9.17) is 14.2 Å². The average Bonchev–Trinajstić information content (AvgIpc) is 3.04. The van der Waals surface area contributed by atoms with Crippen molar-refractivity contribution in [1.29, 1.82) is 0 Å². The van der Waals surface area contributed by atoms with Crippen LogP contribution in [0.5, 0.6) is 0 Å². The van der Waals surface area contributed by atoms with Gasteiger partial charge in [-0.15, -0.1) is 0 Å². The molecule has 3 saturated carbocycles. The Balaban J connectivity index is 1.50. The van der Waals surface area contributed by atoms with E-state index in [2.05, 4.69) is 27.7 Å². The predicted octanol–water partition coefficient (Wildman–Crippen LogP) is 4.74. The molecule has 2 aliphatic heterocycles. The van der Waals surface area contributed by atoms with E-state index in [1.807, 2.05) is 0 Å². The van der Waals surface area contributed by atoms with E-state index >= 15 is 0 Å². The third-order valence-corrected chi connectivity index (χ3v) is 10.6. The summed E-state index contributed by atoms with van der Waals surface area (Å²) in [6.45, 7) is 11.4. The number of fused-ring (bicyclic) bond motifs is 5. The minimum absolute atomic E-state index is 0.108. The molecule has 2 heterocycles. The zero-order valence-electron chi connectivity index (χ0n) is 20.8. The van der Waals surface area contributed by atoms with E-state index < -0.39 is 24.7 Å². The molecule has 6 nitrogen and oxygen atoms in total. The highest BCUT2D eigenvalue weighted by Crippen LogP contribution is 2.70. The topological polar surface area (TPSA) is 82.1 Å². The van der Waals surface area contributed by atoms with Gasteiger partial charge in [-0.25, -0.2) is 4.79 Å². The number of esters is 2. The van der Waals surface area contributed by atoms with E-state index in [-0.39, 0.29) is 17.3 Å². The van der Waals surface area contributed by atoms with Gasteiger partial charge in [-0.05, 0) is 78.9 Å². The van der Waals surface area contributed by atoms with Crippen LogP contribution in [0.2, 0.25) is 0 Å². The molecule has 9 atom stereocenters. The standard InChI is InChI=1S/C27H40O6/c1-15(28)31-24-16-7-8-21-26(4,12-9-20-25(2,3)10-6-11-27(20,21)5)18(16)14-19(32-24)17-13-22(29)33-23(17)30/h13,16,18-21,23-24,30H,6-12,14H2,1-5H3/t16-,18+,19+,20?,21-,23?,24-,26-,27-/m0/s1. The van der Waals surface area contributed by atoms with Gasteiger partial charge in [-0.2, -0.15) is 0 Å². The van der Waals surface area contributed by atoms with Crippen LogP contribution in [0.4, 0.5) is 0 Å². The van der Waals surface area contributed by atoms with Gasteiger partial charge in [0, 0.05) is 24.5 Å². The van der Waals surface area contributed by atoms with Crippen LogP contribution in [-0.4, -0.2) is 35.7 Å². The van der Waals surface area contributed by atoms with Crippen molar-refractivity contribution in [2.45, 2.75) is 105 Å². The van der Waals surface area contributed by atoms with Crippen LogP contribution in [0.25, 0.3) is 0 Å². The fourth-order valence-corrected chi connectivity index (χ4v) is 9.32. The number of carbonyl (C=O) groups is 2. The fraction of sp³-hybridized carbons (Fsp3) is 0.852. The van der Waals surface area contributed by atoms with Gasteiger partial charge in [0.05, 0.1) is 6.10 Å². The number of hydrogen-bond donors (Lipinski definition) is 1. The summed E-state index contributed by atoms with van der Waals surface area (Å²) in [5, 5.41) is 10.3. The Labute approximate surface area is 197 Å². The molecule has 0 aromatic rings. The average molecular weight is 461 g/mol. The zero-order valence-corrected chi connectivity index (χ0v) is 20.8.